The Morgan fingerprint density at radius 1 is 1.03 bits per heavy atom. The van der Waals surface area contributed by atoms with E-state index in [0.29, 0.717) is 16.8 Å². The minimum Gasteiger partial charge on any atom is -0.343 e. The van der Waals surface area contributed by atoms with Gasteiger partial charge in [-0.2, -0.15) is 0 Å². The molecule has 0 atom stereocenters. The summed E-state index contributed by atoms with van der Waals surface area (Å²) >= 11 is 1.00. The number of likely N-dealkylation sites (tertiary alicyclic amines) is 1. The summed E-state index contributed by atoms with van der Waals surface area (Å²) in [6, 6.07) is 14.0. The maximum Gasteiger partial charge on any atom is 0.308 e. The number of fused-ring (bicyclic) bond motifs is 1. The normalized spacial score (nSPS) is 14.8. The van der Waals surface area contributed by atoms with Crippen LogP contribution in [-0.2, 0) is 27.9 Å². The van der Waals surface area contributed by atoms with Crippen molar-refractivity contribution < 1.29 is 13.2 Å². The summed E-state index contributed by atoms with van der Waals surface area (Å²) in [5.74, 6) is 0.0651. The molecule has 0 bridgehead atoms. The van der Waals surface area contributed by atoms with Crippen molar-refractivity contribution in [2.75, 3.05) is 13.1 Å². The van der Waals surface area contributed by atoms with Crippen LogP contribution in [0, 0.1) is 0 Å². The summed E-state index contributed by atoms with van der Waals surface area (Å²) in [4.78, 5) is 26.7. The van der Waals surface area contributed by atoms with Crippen LogP contribution in [0.5, 0.6) is 0 Å². The van der Waals surface area contributed by atoms with Crippen LogP contribution < -0.4 is 9.60 Å². The van der Waals surface area contributed by atoms with E-state index in [2.05, 4.69) is 4.72 Å². The van der Waals surface area contributed by atoms with Crippen molar-refractivity contribution in [3.8, 4) is 0 Å². The molecule has 4 rings (SSSR count). The predicted molar refractivity (Wildman–Crippen MR) is 122 cm³/mol. The Morgan fingerprint density at radius 3 is 2.52 bits per heavy atom. The van der Waals surface area contributed by atoms with Gasteiger partial charge in [-0.3, -0.25) is 14.2 Å². The summed E-state index contributed by atoms with van der Waals surface area (Å²) in [5, 5.41) is 0. The highest BCUT2D eigenvalue weighted by Crippen LogP contribution is 2.22. The number of thiazole rings is 1. The van der Waals surface area contributed by atoms with Crippen molar-refractivity contribution in [1.82, 2.24) is 14.2 Å². The zero-order valence-corrected chi connectivity index (χ0v) is 18.8. The Morgan fingerprint density at radius 2 is 1.77 bits per heavy atom. The fourth-order valence-corrected chi connectivity index (χ4v) is 5.87. The third-order valence-corrected chi connectivity index (χ3v) is 7.86. The smallest absolute Gasteiger partial charge is 0.308 e. The van der Waals surface area contributed by atoms with Gasteiger partial charge in [0.25, 0.3) is 0 Å². The van der Waals surface area contributed by atoms with Crippen molar-refractivity contribution in [3.05, 3.63) is 63.8 Å². The lowest BCUT2D eigenvalue weighted by Crippen LogP contribution is -2.36. The van der Waals surface area contributed by atoms with Gasteiger partial charge in [0, 0.05) is 32.6 Å². The number of benzene rings is 2. The van der Waals surface area contributed by atoms with E-state index in [1.807, 2.05) is 35.2 Å². The molecule has 1 N–H and O–H groups in total. The lowest BCUT2D eigenvalue weighted by atomic mass is 10.1. The maximum absolute atomic E-state index is 12.7. The number of hydrogen-bond acceptors (Lipinski definition) is 5. The molecule has 9 heteroatoms. The molecule has 31 heavy (non-hydrogen) atoms. The van der Waals surface area contributed by atoms with E-state index in [-0.39, 0.29) is 28.6 Å². The molecule has 1 aromatic heterocycles. The molecule has 0 saturated carbocycles. The summed E-state index contributed by atoms with van der Waals surface area (Å²) in [5.41, 5.74) is 1.52. The summed E-state index contributed by atoms with van der Waals surface area (Å²) in [6.45, 7) is 2.06. The zero-order valence-electron chi connectivity index (χ0n) is 17.1. The predicted octanol–water partition coefficient (Wildman–Crippen LogP) is 2.94. The molecule has 1 aliphatic heterocycles. The average Bonchev–Trinajstić information content (AvgIpc) is 3.11. The van der Waals surface area contributed by atoms with Gasteiger partial charge in [-0.1, -0.05) is 41.7 Å². The van der Waals surface area contributed by atoms with Crippen LogP contribution in [0.2, 0.25) is 0 Å². The molecule has 1 aliphatic rings. The molecule has 0 radical (unpaired) electrons. The minimum absolute atomic E-state index is 0.0651. The number of hydrogen-bond donors (Lipinski definition) is 1. The van der Waals surface area contributed by atoms with Gasteiger partial charge < -0.3 is 4.90 Å². The molecular formula is C22H25N3O4S2. The van der Waals surface area contributed by atoms with Crippen molar-refractivity contribution in [2.45, 2.75) is 43.7 Å². The highest BCUT2D eigenvalue weighted by Gasteiger charge is 2.19. The first kappa shape index (κ1) is 21.7. The molecule has 7 nitrogen and oxygen atoms in total. The first-order chi connectivity index (χ1) is 14.9. The second kappa shape index (κ2) is 9.33. The van der Waals surface area contributed by atoms with E-state index in [1.54, 1.807) is 10.6 Å². The number of carbonyl (C=O) groups is 1. The number of nitrogens with zero attached hydrogens (tertiary/aromatic N) is 2. The number of aromatic nitrogens is 1. The van der Waals surface area contributed by atoms with Crippen LogP contribution in [0.3, 0.4) is 0 Å². The second-order valence-electron chi connectivity index (χ2n) is 7.65. The second-order valence-corrected chi connectivity index (χ2v) is 10.4. The fourth-order valence-electron chi connectivity index (χ4n) is 3.79. The van der Waals surface area contributed by atoms with E-state index >= 15 is 0 Å². The number of amides is 1. The Kier molecular flexibility index (Phi) is 6.54. The van der Waals surface area contributed by atoms with Crippen LogP contribution in [0.4, 0.5) is 0 Å². The quantitative estimate of drug-likeness (QED) is 0.588. The van der Waals surface area contributed by atoms with Gasteiger partial charge in [-0.05, 0) is 43.0 Å². The monoisotopic (exact) mass is 459 g/mol. The average molecular weight is 460 g/mol. The van der Waals surface area contributed by atoms with Gasteiger partial charge >= 0.3 is 4.87 Å². The van der Waals surface area contributed by atoms with Gasteiger partial charge in [0.1, 0.15) is 0 Å². The van der Waals surface area contributed by atoms with Crippen molar-refractivity contribution >= 4 is 37.5 Å². The Bertz CT molecular complexity index is 1230. The standard InChI is InChI=1S/C22H25N3O4S2/c26-21(24-12-5-2-6-13-24)11-14-25-19-10-9-18(15-20(19)30-22(25)27)31(28,29)23-16-17-7-3-1-4-8-17/h1,3-4,7-10,15,23H,2,5-6,11-14,16H2. The van der Waals surface area contributed by atoms with E-state index in [9.17, 15) is 18.0 Å². The van der Waals surface area contributed by atoms with E-state index in [4.69, 9.17) is 0 Å². The number of sulfonamides is 1. The lowest BCUT2D eigenvalue weighted by Gasteiger charge is -2.26. The van der Waals surface area contributed by atoms with Gasteiger partial charge in [0.15, 0.2) is 0 Å². The third kappa shape index (κ3) is 5.06. The fraction of sp³-hybridized carbons (Fsp3) is 0.364. The summed E-state index contributed by atoms with van der Waals surface area (Å²) in [6.07, 6.45) is 3.49. The third-order valence-electron chi connectivity index (χ3n) is 5.52. The first-order valence-corrected chi connectivity index (χ1v) is 12.7. The van der Waals surface area contributed by atoms with E-state index in [1.165, 1.54) is 12.1 Å². The molecule has 2 heterocycles. The van der Waals surface area contributed by atoms with Crippen molar-refractivity contribution in [1.29, 1.82) is 0 Å². The van der Waals surface area contributed by atoms with Crippen LogP contribution >= 0.6 is 11.3 Å². The van der Waals surface area contributed by atoms with Crippen molar-refractivity contribution in [3.63, 3.8) is 0 Å². The Balaban J connectivity index is 1.48. The van der Waals surface area contributed by atoms with Crippen LogP contribution in [-0.4, -0.2) is 36.9 Å². The molecule has 3 aromatic rings. The molecule has 2 aromatic carbocycles. The lowest BCUT2D eigenvalue weighted by molar-refractivity contribution is -0.132. The number of rotatable bonds is 7. The summed E-state index contributed by atoms with van der Waals surface area (Å²) in [7, 11) is -3.71. The summed E-state index contributed by atoms with van der Waals surface area (Å²) < 4.78 is 30.1. The van der Waals surface area contributed by atoms with Crippen LogP contribution in [0.1, 0.15) is 31.2 Å². The molecule has 0 aliphatic carbocycles. The zero-order chi connectivity index (χ0) is 21.8. The van der Waals surface area contributed by atoms with Gasteiger partial charge in [-0.15, -0.1) is 0 Å². The van der Waals surface area contributed by atoms with E-state index < -0.39 is 10.0 Å². The highest BCUT2D eigenvalue weighted by atomic mass is 32.2. The number of piperidine rings is 1. The molecule has 0 spiro atoms. The topological polar surface area (TPSA) is 88.5 Å². The molecule has 164 valence electrons. The van der Waals surface area contributed by atoms with E-state index in [0.717, 1.165) is 49.3 Å². The van der Waals surface area contributed by atoms with Crippen LogP contribution in [0.25, 0.3) is 10.2 Å². The van der Waals surface area contributed by atoms with Crippen molar-refractivity contribution in [2.24, 2.45) is 0 Å². The highest BCUT2D eigenvalue weighted by molar-refractivity contribution is 7.89. The number of aryl methyl sites for hydroxylation is 1. The van der Waals surface area contributed by atoms with Gasteiger partial charge in [0.05, 0.1) is 15.1 Å². The maximum atomic E-state index is 12.7. The molecule has 1 fully saturated rings. The molecule has 0 unspecified atom stereocenters. The number of nitrogens with one attached hydrogen (secondary N) is 1. The molecule has 1 saturated heterocycles. The van der Waals surface area contributed by atoms with Gasteiger partial charge in [0.2, 0.25) is 15.9 Å². The number of carbonyl (C=O) groups excluding carboxylic acids is 1. The Labute approximate surface area is 185 Å². The van der Waals surface area contributed by atoms with Gasteiger partial charge in [-0.25, -0.2) is 13.1 Å². The first-order valence-electron chi connectivity index (χ1n) is 10.4. The largest absolute Gasteiger partial charge is 0.343 e. The Hall–Kier alpha value is -2.49. The SMILES string of the molecule is O=C(CCn1c(=O)sc2cc(S(=O)(=O)NCc3ccccc3)ccc21)N1CCCCC1. The molecular weight excluding hydrogens is 434 g/mol. The molecule has 1 amide bonds. The van der Waals surface area contributed by atoms with Crippen LogP contribution in [0.15, 0.2) is 58.2 Å². The minimum atomic E-state index is -3.71.